The number of carbonyl (C=O) groups excluding carboxylic acids is 1. The lowest BCUT2D eigenvalue weighted by atomic mass is 10.1. The van der Waals surface area contributed by atoms with Crippen molar-refractivity contribution in [1.29, 1.82) is 0 Å². The Hall–Kier alpha value is -2.37. The fourth-order valence-corrected chi connectivity index (χ4v) is 3.47. The molecule has 2 fully saturated rings. The molecule has 108 valence electrons. The van der Waals surface area contributed by atoms with E-state index in [2.05, 4.69) is 19.9 Å². The van der Waals surface area contributed by atoms with E-state index < -0.39 is 0 Å². The number of carbonyl (C=O) groups is 1. The van der Waals surface area contributed by atoms with E-state index in [-0.39, 0.29) is 11.9 Å². The Labute approximate surface area is 122 Å². The molecule has 6 nitrogen and oxygen atoms in total. The third-order valence-electron chi connectivity index (χ3n) is 4.51. The van der Waals surface area contributed by atoms with Crippen LogP contribution in [0.3, 0.4) is 0 Å². The maximum atomic E-state index is 12.5. The number of pyridine rings is 1. The molecule has 2 saturated heterocycles. The van der Waals surface area contributed by atoms with Crippen LogP contribution >= 0.6 is 0 Å². The Morgan fingerprint density at radius 3 is 3.05 bits per heavy atom. The van der Waals surface area contributed by atoms with E-state index >= 15 is 0 Å². The highest BCUT2D eigenvalue weighted by atomic mass is 16.2. The van der Waals surface area contributed by atoms with Crippen molar-refractivity contribution < 1.29 is 4.79 Å². The maximum Gasteiger partial charge on any atom is 0.272 e. The van der Waals surface area contributed by atoms with Crippen molar-refractivity contribution in [3.8, 4) is 0 Å². The van der Waals surface area contributed by atoms with Gasteiger partial charge in [0.1, 0.15) is 11.5 Å². The van der Waals surface area contributed by atoms with E-state index in [1.807, 2.05) is 29.3 Å². The lowest BCUT2D eigenvalue weighted by molar-refractivity contribution is 0.0733. The molecule has 2 aromatic rings. The second kappa shape index (κ2) is 4.87. The number of hydrogen-bond donors (Lipinski definition) is 1. The molecule has 0 aliphatic carbocycles. The second-order valence-corrected chi connectivity index (χ2v) is 5.67. The summed E-state index contributed by atoms with van der Waals surface area (Å²) < 4.78 is 0. The molecular weight excluding hydrogens is 266 g/mol. The minimum Gasteiger partial charge on any atom is -0.354 e. The number of hydrogen-bond acceptors (Lipinski definition) is 4. The number of nitrogens with zero attached hydrogens (tertiary/aromatic N) is 4. The molecule has 4 rings (SSSR count). The smallest absolute Gasteiger partial charge is 0.272 e. The van der Waals surface area contributed by atoms with Crippen molar-refractivity contribution in [1.82, 2.24) is 19.9 Å². The Morgan fingerprint density at radius 1 is 1.33 bits per heavy atom. The molecule has 0 spiro atoms. The summed E-state index contributed by atoms with van der Waals surface area (Å²) in [7, 11) is 0. The van der Waals surface area contributed by atoms with Crippen LogP contribution in [0.5, 0.6) is 0 Å². The highest BCUT2D eigenvalue weighted by Crippen LogP contribution is 2.34. The summed E-state index contributed by atoms with van der Waals surface area (Å²) in [6.07, 6.45) is 6.03. The van der Waals surface area contributed by atoms with Crippen molar-refractivity contribution in [2.75, 3.05) is 24.5 Å². The third kappa shape index (κ3) is 2.07. The van der Waals surface area contributed by atoms with Gasteiger partial charge in [0.25, 0.3) is 5.91 Å². The Kier molecular flexibility index (Phi) is 2.87. The number of aromatic nitrogens is 3. The van der Waals surface area contributed by atoms with Crippen LogP contribution in [-0.4, -0.2) is 51.4 Å². The van der Waals surface area contributed by atoms with Crippen LogP contribution in [0.15, 0.2) is 36.9 Å². The van der Waals surface area contributed by atoms with Gasteiger partial charge in [0.2, 0.25) is 0 Å². The van der Waals surface area contributed by atoms with Crippen molar-refractivity contribution >= 4 is 11.7 Å². The van der Waals surface area contributed by atoms with E-state index in [9.17, 15) is 4.79 Å². The van der Waals surface area contributed by atoms with E-state index in [1.165, 1.54) is 0 Å². The van der Waals surface area contributed by atoms with Gasteiger partial charge in [-0.25, -0.2) is 9.97 Å². The monoisotopic (exact) mass is 283 g/mol. The summed E-state index contributed by atoms with van der Waals surface area (Å²) in [4.78, 5) is 28.0. The molecule has 2 atom stereocenters. The van der Waals surface area contributed by atoms with Gasteiger partial charge in [0.05, 0.1) is 18.6 Å². The van der Waals surface area contributed by atoms with Gasteiger partial charge in [-0.05, 0) is 18.6 Å². The normalized spacial score (nSPS) is 24.4. The van der Waals surface area contributed by atoms with Gasteiger partial charge < -0.3 is 14.8 Å². The van der Waals surface area contributed by atoms with Crippen molar-refractivity contribution in [3.63, 3.8) is 0 Å². The molecule has 6 heteroatoms. The molecule has 0 radical (unpaired) electrons. The predicted octanol–water partition coefficient (Wildman–Crippen LogP) is 1.16. The molecule has 2 aliphatic heterocycles. The zero-order valence-corrected chi connectivity index (χ0v) is 11.6. The van der Waals surface area contributed by atoms with Crippen LogP contribution in [-0.2, 0) is 0 Å². The predicted molar refractivity (Wildman–Crippen MR) is 78.0 cm³/mol. The second-order valence-electron chi connectivity index (χ2n) is 5.67. The summed E-state index contributed by atoms with van der Waals surface area (Å²) in [5, 5.41) is 0. The Morgan fingerprint density at radius 2 is 2.29 bits per heavy atom. The minimum atomic E-state index is 0.0582. The molecule has 2 aromatic heterocycles. The lowest BCUT2D eigenvalue weighted by Gasteiger charge is -2.24. The van der Waals surface area contributed by atoms with E-state index in [0.29, 0.717) is 11.6 Å². The maximum absolute atomic E-state index is 12.5. The van der Waals surface area contributed by atoms with Crippen LogP contribution in [0, 0.1) is 5.92 Å². The SMILES string of the molecule is O=C(c1cnc[nH]1)N1CCC2CN(c3ccccn3)CC21. The van der Waals surface area contributed by atoms with Crippen molar-refractivity contribution in [2.24, 2.45) is 5.92 Å². The molecule has 2 aliphatic rings. The number of likely N-dealkylation sites (tertiary alicyclic amines) is 1. The zero-order chi connectivity index (χ0) is 14.2. The zero-order valence-electron chi connectivity index (χ0n) is 11.6. The number of aromatic amines is 1. The fourth-order valence-electron chi connectivity index (χ4n) is 3.47. The molecule has 2 unspecified atom stereocenters. The molecule has 21 heavy (non-hydrogen) atoms. The Balaban J connectivity index is 1.52. The summed E-state index contributed by atoms with van der Waals surface area (Å²) >= 11 is 0. The highest BCUT2D eigenvalue weighted by Gasteiger charge is 2.44. The number of amides is 1. The van der Waals surface area contributed by atoms with Crippen molar-refractivity contribution in [3.05, 3.63) is 42.6 Å². The van der Waals surface area contributed by atoms with Gasteiger partial charge in [0.15, 0.2) is 0 Å². The number of rotatable bonds is 2. The first-order chi connectivity index (χ1) is 10.3. The summed E-state index contributed by atoms with van der Waals surface area (Å²) in [6, 6.07) is 6.24. The average molecular weight is 283 g/mol. The summed E-state index contributed by atoms with van der Waals surface area (Å²) in [5.41, 5.74) is 0.576. The molecule has 1 N–H and O–H groups in total. The number of anilines is 1. The molecular formula is C15H17N5O. The van der Waals surface area contributed by atoms with Crippen LogP contribution in [0.4, 0.5) is 5.82 Å². The topological polar surface area (TPSA) is 65.1 Å². The first-order valence-electron chi connectivity index (χ1n) is 7.28. The summed E-state index contributed by atoms with van der Waals surface area (Å²) in [6.45, 7) is 2.68. The van der Waals surface area contributed by atoms with Gasteiger partial charge in [-0.15, -0.1) is 0 Å². The standard InChI is InChI=1S/C15H17N5O/c21-15(12-7-16-10-18-12)20-6-4-11-8-19(9-13(11)20)14-3-1-2-5-17-14/h1-3,5,7,10-11,13H,4,6,8-9H2,(H,16,18). The van der Waals surface area contributed by atoms with Crippen LogP contribution in [0.1, 0.15) is 16.9 Å². The van der Waals surface area contributed by atoms with Gasteiger partial charge in [0, 0.05) is 31.7 Å². The Bertz CT molecular complexity index is 627. The van der Waals surface area contributed by atoms with Crippen LogP contribution in [0.25, 0.3) is 0 Å². The molecule has 0 bridgehead atoms. The molecule has 4 heterocycles. The highest BCUT2D eigenvalue weighted by molar-refractivity contribution is 5.92. The minimum absolute atomic E-state index is 0.0582. The van der Waals surface area contributed by atoms with Crippen molar-refractivity contribution in [2.45, 2.75) is 12.5 Å². The summed E-state index contributed by atoms with van der Waals surface area (Å²) in [5.74, 6) is 1.60. The van der Waals surface area contributed by atoms with Crippen LogP contribution < -0.4 is 4.90 Å². The van der Waals surface area contributed by atoms with E-state index in [1.54, 1.807) is 12.5 Å². The molecule has 0 saturated carbocycles. The van der Waals surface area contributed by atoms with E-state index in [4.69, 9.17) is 0 Å². The number of H-pyrrole nitrogens is 1. The number of fused-ring (bicyclic) bond motifs is 1. The van der Waals surface area contributed by atoms with Gasteiger partial charge in [-0.2, -0.15) is 0 Å². The average Bonchev–Trinajstić information content (AvgIpc) is 3.24. The fraction of sp³-hybridized carbons (Fsp3) is 0.400. The molecule has 0 aromatic carbocycles. The van der Waals surface area contributed by atoms with Gasteiger partial charge >= 0.3 is 0 Å². The lowest BCUT2D eigenvalue weighted by Crippen LogP contribution is -2.40. The number of imidazole rings is 1. The van der Waals surface area contributed by atoms with Gasteiger partial charge in [-0.1, -0.05) is 6.07 Å². The first kappa shape index (κ1) is 12.4. The largest absolute Gasteiger partial charge is 0.354 e. The molecule has 1 amide bonds. The van der Waals surface area contributed by atoms with E-state index in [0.717, 1.165) is 31.9 Å². The van der Waals surface area contributed by atoms with Gasteiger partial charge in [-0.3, -0.25) is 4.79 Å². The first-order valence-corrected chi connectivity index (χ1v) is 7.28. The number of nitrogens with one attached hydrogen (secondary N) is 1. The quantitative estimate of drug-likeness (QED) is 0.898. The van der Waals surface area contributed by atoms with Crippen LogP contribution in [0.2, 0.25) is 0 Å². The third-order valence-corrected chi connectivity index (χ3v) is 4.51.